The number of hydrogen-bond donors (Lipinski definition) is 1. The number of aryl methyl sites for hydroxylation is 1. The molecule has 1 aromatic heterocycles. The van der Waals surface area contributed by atoms with Crippen LogP contribution in [0.1, 0.15) is 30.5 Å². The van der Waals surface area contributed by atoms with E-state index in [1.165, 1.54) is 12.1 Å². The maximum Gasteiger partial charge on any atom is 0.220 e. The van der Waals surface area contributed by atoms with Crippen molar-refractivity contribution in [1.29, 1.82) is 0 Å². The Morgan fingerprint density at radius 2 is 2.05 bits per heavy atom. The minimum Gasteiger partial charge on any atom is -0.355 e. The molecule has 1 atom stereocenters. The van der Waals surface area contributed by atoms with Crippen LogP contribution in [0.25, 0.3) is 0 Å². The summed E-state index contributed by atoms with van der Waals surface area (Å²) in [6.45, 7) is 2.23. The minimum atomic E-state index is -0.870. The maximum atomic E-state index is 13.2. The molecule has 2 rings (SSSR count). The number of aromatic nitrogens is 1. The molecule has 1 heterocycles. The van der Waals surface area contributed by atoms with E-state index in [4.69, 9.17) is 0 Å². The topological polar surface area (TPSA) is 42.0 Å². The van der Waals surface area contributed by atoms with Crippen LogP contribution in [-0.4, -0.2) is 17.4 Å². The summed E-state index contributed by atoms with van der Waals surface area (Å²) in [6.07, 6.45) is 2.62. The van der Waals surface area contributed by atoms with E-state index in [2.05, 4.69) is 10.3 Å². The number of hydrogen-bond acceptors (Lipinski definition) is 2. The molecule has 0 aliphatic rings. The minimum absolute atomic E-state index is 0.0833. The van der Waals surface area contributed by atoms with Crippen LogP contribution in [0.15, 0.2) is 42.6 Å². The third kappa shape index (κ3) is 4.62. The summed E-state index contributed by atoms with van der Waals surface area (Å²) in [4.78, 5) is 16.0. The zero-order chi connectivity index (χ0) is 15.9. The molecule has 0 saturated carbocycles. The Morgan fingerprint density at radius 1 is 1.23 bits per heavy atom. The monoisotopic (exact) mass is 304 g/mol. The Morgan fingerprint density at radius 3 is 2.73 bits per heavy atom. The predicted octanol–water partition coefficient (Wildman–Crippen LogP) is 3.21. The van der Waals surface area contributed by atoms with Gasteiger partial charge in [0.05, 0.1) is 0 Å². The summed E-state index contributed by atoms with van der Waals surface area (Å²) in [5.74, 6) is -1.91. The molecule has 2 aromatic rings. The van der Waals surface area contributed by atoms with Crippen LogP contribution in [0.2, 0.25) is 0 Å². The highest BCUT2D eigenvalue weighted by atomic mass is 19.2. The molecule has 0 aliphatic carbocycles. The Hall–Kier alpha value is -2.30. The van der Waals surface area contributed by atoms with Gasteiger partial charge in [0.2, 0.25) is 5.91 Å². The highest BCUT2D eigenvalue weighted by Gasteiger charge is 2.11. The van der Waals surface area contributed by atoms with Crippen LogP contribution in [0, 0.1) is 11.6 Å². The zero-order valence-corrected chi connectivity index (χ0v) is 12.4. The first kappa shape index (κ1) is 16.1. The number of benzene rings is 1. The number of rotatable bonds is 6. The van der Waals surface area contributed by atoms with E-state index in [1.54, 1.807) is 6.20 Å². The van der Waals surface area contributed by atoms with E-state index in [0.29, 0.717) is 24.9 Å². The standard InChI is InChI=1S/C17H18F2N2O/c1-12(13-5-7-15(18)16(19)10-13)11-21-17(22)8-6-14-4-2-3-9-20-14/h2-5,7,9-10,12H,6,8,11H2,1H3,(H,21,22). The third-order valence-electron chi connectivity index (χ3n) is 3.45. The van der Waals surface area contributed by atoms with Gasteiger partial charge in [-0.2, -0.15) is 0 Å². The molecular formula is C17H18F2N2O. The summed E-state index contributed by atoms with van der Waals surface area (Å²) in [5.41, 5.74) is 1.52. The number of pyridine rings is 1. The third-order valence-corrected chi connectivity index (χ3v) is 3.45. The van der Waals surface area contributed by atoms with Gasteiger partial charge in [0.25, 0.3) is 0 Å². The fourth-order valence-electron chi connectivity index (χ4n) is 2.08. The molecule has 1 unspecified atom stereocenters. The molecular weight excluding hydrogens is 286 g/mol. The number of amides is 1. The van der Waals surface area contributed by atoms with E-state index in [0.717, 1.165) is 11.8 Å². The molecule has 116 valence electrons. The Labute approximate surface area is 128 Å². The lowest BCUT2D eigenvalue weighted by Crippen LogP contribution is -2.27. The molecule has 1 N–H and O–H groups in total. The van der Waals surface area contributed by atoms with Gasteiger partial charge in [-0.25, -0.2) is 8.78 Å². The zero-order valence-electron chi connectivity index (χ0n) is 12.4. The quantitative estimate of drug-likeness (QED) is 0.890. The van der Waals surface area contributed by atoms with Crippen molar-refractivity contribution < 1.29 is 13.6 Å². The molecule has 1 aromatic carbocycles. The molecule has 22 heavy (non-hydrogen) atoms. The first-order valence-corrected chi connectivity index (χ1v) is 7.18. The number of nitrogens with zero attached hydrogens (tertiary/aromatic N) is 1. The summed E-state index contributed by atoms with van der Waals surface area (Å²) in [5, 5.41) is 2.80. The normalized spacial score (nSPS) is 12.0. The fraction of sp³-hybridized carbons (Fsp3) is 0.294. The van der Waals surface area contributed by atoms with E-state index < -0.39 is 11.6 Å². The van der Waals surface area contributed by atoms with Gasteiger partial charge in [-0.15, -0.1) is 0 Å². The smallest absolute Gasteiger partial charge is 0.220 e. The highest BCUT2D eigenvalue weighted by Crippen LogP contribution is 2.17. The van der Waals surface area contributed by atoms with Crippen LogP contribution in [0.4, 0.5) is 8.78 Å². The van der Waals surface area contributed by atoms with Gasteiger partial charge >= 0.3 is 0 Å². The predicted molar refractivity (Wildman–Crippen MR) is 80.3 cm³/mol. The lowest BCUT2D eigenvalue weighted by atomic mass is 10.0. The van der Waals surface area contributed by atoms with Crippen molar-refractivity contribution in [2.45, 2.75) is 25.7 Å². The lowest BCUT2D eigenvalue weighted by molar-refractivity contribution is -0.121. The molecule has 0 fully saturated rings. The van der Waals surface area contributed by atoms with E-state index in [1.807, 2.05) is 25.1 Å². The van der Waals surface area contributed by atoms with Gasteiger partial charge in [0, 0.05) is 24.9 Å². The molecule has 0 bridgehead atoms. The highest BCUT2D eigenvalue weighted by molar-refractivity contribution is 5.76. The summed E-state index contributed by atoms with van der Waals surface area (Å²) < 4.78 is 26.1. The van der Waals surface area contributed by atoms with Crippen LogP contribution in [0.3, 0.4) is 0 Å². The molecule has 5 heteroatoms. The van der Waals surface area contributed by atoms with Gasteiger partial charge in [0.15, 0.2) is 11.6 Å². The van der Waals surface area contributed by atoms with Crippen LogP contribution in [0.5, 0.6) is 0 Å². The number of carbonyl (C=O) groups is 1. The van der Waals surface area contributed by atoms with Crippen molar-refractivity contribution in [1.82, 2.24) is 10.3 Å². The van der Waals surface area contributed by atoms with Crippen molar-refractivity contribution >= 4 is 5.91 Å². The molecule has 0 spiro atoms. The molecule has 0 saturated heterocycles. The van der Waals surface area contributed by atoms with Crippen LogP contribution >= 0.6 is 0 Å². The number of carbonyl (C=O) groups excluding carboxylic acids is 1. The van der Waals surface area contributed by atoms with Crippen LogP contribution < -0.4 is 5.32 Å². The maximum absolute atomic E-state index is 13.2. The molecule has 0 aliphatic heterocycles. The van der Waals surface area contributed by atoms with Crippen LogP contribution in [-0.2, 0) is 11.2 Å². The van der Waals surface area contributed by atoms with Crippen molar-refractivity contribution in [3.8, 4) is 0 Å². The molecule has 1 amide bonds. The van der Waals surface area contributed by atoms with Gasteiger partial charge < -0.3 is 5.32 Å². The second-order valence-electron chi connectivity index (χ2n) is 5.20. The van der Waals surface area contributed by atoms with Gasteiger partial charge in [-0.3, -0.25) is 9.78 Å². The van der Waals surface area contributed by atoms with Crippen molar-refractivity contribution in [3.63, 3.8) is 0 Å². The van der Waals surface area contributed by atoms with Gasteiger partial charge in [-0.05, 0) is 42.2 Å². The van der Waals surface area contributed by atoms with E-state index in [9.17, 15) is 13.6 Å². The largest absolute Gasteiger partial charge is 0.355 e. The SMILES string of the molecule is CC(CNC(=O)CCc1ccccn1)c1ccc(F)c(F)c1. The average Bonchev–Trinajstić information content (AvgIpc) is 2.54. The summed E-state index contributed by atoms with van der Waals surface area (Å²) in [7, 11) is 0. The first-order chi connectivity index (χ1) is 10.6. The van der Waals surface area contributed by atoms with Crippen molar-refractivity contribution in [2.75, 3.05) is 6.54 Å². The molecule has 0 radical (unpaired) electrons. The molecule has 3 nitrogen and oxygen atoms in total. The van der Waals surface area contributed by atoms with E-state index >= 15 is 0 Å². The number of halogens is 2. The Bertz CT molecular complexity index is 632. The Kier molecular flexibility index (Phi) is 5.58. The second kappa shape index (κ2) is 7.64. The summed E-state index contributed by atoms with van der Waals surface area (Å²) in [6, 6.07) is 9.38. The second-order valence-corrected chi connectivity index (χ2v) is 5.20. The Balaban J connectivity index is 1.79. The first-order valence-electron chi connectivity index (χ1n) is 7.18. The van der Waals surface area contributed by atoms with Gasteiger partial charge in [0.1, 0.15) is 0 Å². The van der Waals surface area contributed by atoms with Gasteiger partial charge in [-0.1, -0.05) is 19.1 Å². The lowest BCUT2D eigenvalue weighted by Gasteiger charge is -2.13. The van der Waals surface area contributed by atoms with E-state index in [-0.39, 0.29) is 11.8 Å². The summed E-state index contributed by atoms with van der Waals surface area (Å²) >= 11 is 0. The van der Waals surface area contributed by atoms with Crippen molar-refractivity contribution in [3.05, 3.63) is 65.5 Å². The van der Waals surface area contributed by atoms with Crippen molar-refractivity contribution in [2.24, 2.45) is 0 Å². The number of nitrogens with one attached hydrogen (secondary N) is 1. The average molecular weight is 304 g/mol. The fourth-order valence-corrected chi connectivity index (χ4v) is 2.08.